The summed E-state index contributed by atoms with van der Waals surface area (Å²) in [4.78, 5) is 4.43. The van der Waals surface area contributed by atoms with Crippen LogP contribution >= 0.6 is 0 Å². The molecule has 2 aromatic rings. The number of hydrogen-bond acceptors (Lipinski definition) is 4. The van der Waals surface area contributed by atoms with Crippen LogP contribution in [-0.4, -0.2) is 32.7 Å². The lowest BCUT2D eigenvalue weighted by molar-refractivity contribution is 0.595. The highest BCUT2D eigenvalue weighted by Gasteiger charge is 2.12. The molecule has 21 heavy (non-hydrogen) atoms. The summed E-state index contributed by atoms with van der Waals surface area (Å²) >= 11 is 0. The number of rotatable bonds is 7. The number of unbranched alkanes of at least 4 members (excludes halogenated alkanes) is 1. The Bertz CT molecular complexity index is 714. The molecule has 1 aromatic heterocycles. The number of pyridine rings is 1. The van der Waals surface area contributed by atoms with Crippen molar-refractivity contribution in [2.24, 2.45) is 0 Å². The first kappa shape index (κ1) is 15.7. The SMILES string of the molecule is CNCCCCS(=O)(=O)Nc1cccc2ccc(C)nc12. The van der Waals surface area contributed by atoms with Gasteiger partial charge in [0.05, 0.1) is 17.0 Å². The number of benzene rings is 1. The van der Waals surface area contributed by atoms with Crippen LogP contribution in [0, 0.1) is 6.92 Å². The van der Waals surface area contributed by atoms with E-state index in [1.807, 2.05) is 38.2 Å². The zero-order chi connectivity index (χ0) is 15.3. The van der Waals surface area contributed by atoms with E-state index in [1.54, 1.807) is 6.07 Å². The fourth-order valence-electron chi connectivity index (χ4n) is 2.14. The molecule has 6 heteroatoms. The molecule has 0 aliphatic heterocycles. The molecular weight excluding hydrogens is 286 g/mol. The van der Waals surface area contributed by atoms with Crippen LogP contribution in [0.2, 0.25) is 0 Å². The van der Waals surface area contributed by atoms with Crippen LogP contribution in [0.15, 0.2) is 30.3 Å². The molecule has 114 valence electrons. The van der Waals surface area contributed by atoms with E-state index in [1.165, 1.54) is 0 Å². The van der Waals surface area contributed by atoms with Crippen molar-refractivity contribution >= 4 is 26.6 Å². The van der Waals surface area contributed by atoms with Crippen molar-refractivity contribution in [3.8, 4) is 0 Å². The Morgan fingerprint density at radius 2 is 1.95 bits per heavy atom. The molecule has 0 radical (unpaired) electrons. The van der Waals surface area contributed by atoms with Gasteiger partial charge in [-0.2, -0.15) is 0 Å². The van der Waals surface area contributed by atoms with Gasteiger partial charge in [0.2, 0.25) is 10.0 Å². The summed E-state index contributed by atoms with van der Waals surface area (Å²) in [6.07, 6.45) is 1.47. The summed E-state index contributed by atoms with van der Waals surface area (Å²) in [5.41, 5.74) is 2.10. The lowest BCUT2D eigenvalue weighted by Gasteiger charge is -2.10. The zero-order valence-electron chi connectivity index (χ0n) is 12.4. The third kappa shape index (κ3) is 4.41. The number of sulfonamides is 1. The Balaban J connectivity index is 2.17. The average Bonchev–Trinajstić information content (AvgIpc) is 2.44. The molecule has 2 N–H and O–H groups in total. The van der Waals surface area contributed by atoms with Gasteiger partial charge in [-0.3, -0.25) is 9.71 Å². The highest BCUT2D eigenvalue weighted by atomic mass is 32.2. The zero-order valence-corrected chi connectivity index (χ0v) is 13.2. The molecule has 0 saturated carbocycles. The summed E-state index contributed by atoms with van der Waals surface area (Å²) in [5.74, 6) is 0.122. The lowest BCUT2D eigenvalue weighted by atomic mass is 10.2. The molecule has 1 heterocycles. The normalized spacial score (nSPS) is 11.7. The fourth-order valence-corrected chi connectivity index (χ4v) is 3.33. The molecule has 0 unspecified atom stereocenters. The number of fused-ring (bicyclic) bond motifs is 1. The molecule has 0 aliphatic rings. The number of anilines is 1. The van der Waals surface area contributed by atoms with Crippen molar-refractivity contribution < 1.29 is 8.42 Å². The summed E-state index contributed by atoms with van der Waals surface area (Å²) < 4.78 is 26.9. The van der Waals surface area contributed by atoms with Crippen molar-refractivity contribution in [1.29, 1.82) is 0 Å². The third-order valence-corrected chi connectivity index (χ3v) is 4.57. The average molecular weight is 307 g/mol. The van der Waals surface area contributed by atoms with Gasteiger partial charge in [-0.25, -0.2) is 8.42 Å². The molecule has 0 saturated heterocycles. The Hall–Kier alpha value is -1.66. The molecule has 0 fully saturated rings. The van der Waals surface area contributed by atoms with Crippen LogP contribution in [0.4, 0.5) is 5.69 Å². The van der Waals surface area contributed by atoms with E-state index in [2.05, 4.69) is 15.0 Å². The van der Waals surface area contributed by atoms with Gasteiger partial charge in [-0.1, -0.05) is 18.2 Å². The predicted octanol–water partition coefficient (Wildman–Crippen LogP) is 2.28. The molecule has 0 aliphatic carbocycles. The maximum Gasteiger partial charge on any atom is 0.232 e. The summed E-state index contributed by atoms with van der Waals surface area (Å²) in [7, 11) is -1.48. The number of para-hydroxylation sites is 1. The molecule has 1 aromatic carbocycles. The van der Waals surface area contributed by atoms with Crippen molar-refractivity contribution in [3.05, 3.63) is 36.0 Å². The highest BCUT2D eigenvalue weighted by Crippen LogP contribution is 2.22. The van der Waals surface area contributed by atoms with Gasteiger partial charge in [0.15, 0.2) is 0 Å². The Morgan fingerprint density at radius 3 is 2.71 bits per heavy atom. The van der Waals surface area contributed by atoms with Crippen LogP contribution in [0.25, 0.3) is 10.9 Å². The van der Waals surface area contributed by atoms with Crippen molar-refractivity contribution in [3.63, 3.8) is 0 Å². The fraction of sp³-hybridized carbons (Fsp3) is 0.400. The van der Waals surface area contributed by atoms with E-state index in [0.29, 0.717) is 17.6 Å². The van der Waals surface area contributed by atoms with E-state index in [4.69, 9.17) is 0 Å². The summed E-state index contributed by atoms with van der Waals surface area (Å²) in [6, 6.07) is 9.37. The molecule has 5 nitrogen and oxygen atoms in total. The molecule has 0 atom stereocenters. The third-order valence-electron chi connectivity index (χ3n) is 3.21. The molecule has 0 bridgehead atoms. The molecule has 0 spiro atoms. The standard InChI is InChI=1S/C15H21N3O2S/c1-12-8-9-13-6-5-7-14(15(13)17-12)18-21(19,20)11-4-3-10-16-2/h5-9,16,18H,3-4,10-11H2,1-2H3. The molecule has 2 rings (SSSR count). The number of aryl methyl sites for hydroxylation is 1. The minimum atomic E-state index is -3.34. The Kier molecular flexibility index (Phi) is 5.14. The first-order valence-electron chi connectivity index (χ1n) is 7.03. The monoisotopic (exact) mass is 307 g/mol. The largest absolute Gasteiger partial charge is 0.320 e. The van der Waals surface area contributed by atoms with Gasteiger partial charge >= 0.3 is 0 Å². The number of nitrogens with zero attached hydrogens (tertiary/aromatic N) is 1. The Labute approximate surface area is 125 Å². The predicted molar refractivity (Wildman–Crippen MR) is 87.1 cm³/mol. The van der Waals surface area contributed by atoms with Crippen molar-refractivity contribution in [1.82, 2.24) is 10.3 Å². The van der Waals surface area contributed by atoms with Crippen LogP contribution < -0.4 is 10.0 Å². The minimum absolute atomic E-state index is 0.122. The van der Waals surface area contributed by atoms with Crippen molar-refractivity contribution in [2.75, 3.05) is 24.1 Å². The van der Waals surface area contributed by atoms with Gasteiger partial charge in [0, 0.05) is 11.1 Å². The first-order chi connectivity index (χ1) is 10.0. The topological polar surface area (TPSA) is 71.1 Å². The van der Waals surface area contributed by atoms with Gasteiger partial charge in [-0.15, -0.1) is 0 Å². The van der Waals surface area contributed by atoms with Gasteiger partial charge < -0.3 is 5.32 Å². The highest BCUT2D eigenvalue weighted by molar-refractivity contribution is 7.92. The summed E-state index contributed by atoms with van der Waals surface area (Å²) in [6.45, 7) is 2.72. The number of aromatic nitrogens is 1. The Morgan fingerprint density at radius 1 is 1.14 bits per heavy atom. The van der Waals surface area contributed by atoms with Gasteiger partial charge in [0.1, 0.15) is 0 Å². The maximum atomic E-state index is 12.1. The van der Waals surface area contributed by atoms with E-state index in [0.717, 1.165) is 24.0 Å². The van der Waals surface area contributed by atoms with Crippen molar-refractivity contribution in [2.45, 2.75) is 19.8 Å². The van der Waals surface area contributed by atoms with E-state index < -0.39 is 10.0 Å². The number of hydrogen-bond donors (Lipinski definition) is 2. The first-order valence-corrected chi connectivity index (χ1v) is 8.68. The number of nitrogens with one attached hydrogen (secondary N) is 2. The smallest absolute Gasteiger partial charge is 0.232 e. The van der Waals surface area contributed by atoms with E-state index in [9.17, 15) is 8.42 Å². The van der Waals surface area contributed by atoms with Crippen LogP contribution in [-0.2, 0) is 10.0 Å². The van der Waals surface area contributed by atoms with E-state index >= 15 is 0 Å². The second-order valence-corrected chi connectivity index (χ2v) is 6.90. The lowest BCUT2D eigenvalue weighted by Crippen LogP contribution is -2.18. The van der Waals surface area contributed by atoms with Crippen LogP contribution in [0.5, 0.6) is 0 Å². The van der Waals surface area contributed by atoms with E-state index in [-0.39, 0.29) is 5.75 Å². The second kappa shape index (κ2) is 6.87. The molecule has 0 amide bonds. The van der Waals surface area contributed by atoms with Gasteiger partial charge in [0.25, 0.3) is 0 Å². The van der Waals surface area contributed by atoms with Gasteiger partial charge in [-0.05, 0) is 45.5 Å². The minimum Gasteiger partial charge on any atom is -0.320 e. The quantitative estimate of drug-likeness (QED) is 0.770. The molecular formula is C15H21N3O2S. The second-order valence-electron chi connectivity index (χ2n) is 5.06. The summed E-state index contributed by atoms with van der Waals surface area (Å²) in [5, 5.41) is 3.94. The van der Waals surface area contributed by atoms with Crippen LogP contribution in [0.3, 0.4) is 0 Å². The van der Waals surface area contributed by atoms with Crippen LogP contribution in [0.1, 0.15) is 18.5 Å². The maximum absolute atomic E-state index is 12.1.